The van der Waals surface area contributed by atoms with Gasteiger partial charge in [0.1, 0.15) is 0 Å². The van der Waals surface area contributed by atoms with Crippen LogP contribution in [0.5, 0.6) is 0 Å². The lowest BCUT2D eigenvalue weighted by Crippen LogP contribution is -2.49. The summed E-state index contributed by atoms with van der Waals surface area (Å²) in [6, 6.07) is 7.57. The van der Waals surface area contributed by atoms with E-state index >= 15 is 0 Å². The van der Waals surface area contributed by atoms with E-state index in [0.717, 1.165) is 38.0 Å². The molecular weight excluding hydrogens is 385 g/mol. The molecule has 2 amide bonds. The first kappa shape index (κ1) is 23.7. The molecule has 1 aliphatic rings. The van der Waals surface area contributed by atoms with E-state index in [4.69, 9.17) is 11.6 Å². The maximum absolute atomic E-state index is 12.8. The number of nitrogens with zero attached hydrogens (tertiary/aromatic N) is 2. The van der Waals surface area contributed by atoms with Crippen molar-refractivity contribution >= 4 is 35.8 Å². The quantitative estimate of drug-likeness (QED) is 0.704. The Balaban J connectivity index is 0.00000364. The molecule has 1 aromatic rings. The second kappa shape index (κ2) is 12.2. The number of amides is 2. The van der Waals surface area contributed by atoms with Gasteiger partial charge in [-0.3, -0.25) is 9.59 Å². The Hall–Kier alpha value is -1.30. The Bertz CT molecular complexity index is 607. The van der Waals surface area contributed by atoms with Crippen LogP contribution in [0, 0.1) is 0 Å². The van der Waals surface area contributed by atoms with E-state index in [2.05, 4.69) is 19.2 Å². The summed E-state index contributed by atoms with van der Waals surface area (Å²) in [5.74, 6) is 0.101. The molecule has 0 spiro atoms. The second-order valence-electron chi connectivity index (χ2n) is 6.71. The van der Waals surface area contributed by atoms with E-state index in [1.54, 1.807) is 0 Å². The highest BCUT2D eigenvalue weighted by atomic mass is 35.5. The number of hydrogen-bond donors (Lipinski definition) is 1. The molecule has 0 aromatic heterocycles. The number of nitrogens with one attached hydrogen (secondary N) is 1. The highest BCUT2D eigenvalue weighted by molar-refractivity contribution is 6.31. The molecule has 1 aliphatic heterocycles. The Morgan fingerprint density at radius 1 is 1.19 bits per heavy atom. The number of carbonyl (C=O) groups excluding carboxylic acids is 2. The summed E-state index contributed by atoms with van der Waals surface area (Å²) < 4.78 is 0. The summed E-state index contributed by atoms with van der Waals surface area (Å²) in [7, 11) is 0. The zero-order valence-electron chi connectivity index (χ0n) is 16.2. The molecule has 1 N–H and O–H groups in total. The van der Waals surface area contributed by atoms with E-state index < -0.39 is 0 Å². The first-order valence-electron chi connectivity index (χ1n) is 9.60. The molecule has 152 valence electrons. The van der Waals surface area contributed by atoms with Crippen molar-refractivity contribution in [1.82, 2.24) is 15.1 Å². The fourth-order valence-corrected chi connectivity index (χ4v) is 3.70. The van der Waals surface area contributed by atoms with Gasteiger partial charge in [-0.2, -0.15) is 0 Å². The van der Waals surface area contributed by atoms with Crippen LogP contribution in [0.3, 0.4) is 0 Å². The molecule has 0 saturated carbocycles. The monoisotopic (exact) mass is 415 g/mol. The van der Waals surface area contributed by atoms with E-state index in [9.17, 15) is 9.59 Å². The molecule has 1 fully saturated rings. The molecule has 27 heavy (non-hydrogen) atoms. The van der Waals surface area contributed by atoms with Crippen molar-refractivity contribution in [1.29, 1.82) is 0 Å². The lowest BCUT2D eigenvalue weighted by atomic mass is 10.0. The smallest absolute Gasteiger partial charge is 0.223 e. The molecule has 0 bridgehead atoms. The largest absolute Gasteiger partial charge is 0.343 e. The average Bonchev–Trinajstić information content (AvgIpc) is 2.66. The third-order valence-electron chi connectivity index (χ3n) is 4.72. The molecular formula is C20H31Cl2N3O2. The van der Waals surface area contributed by atoms with Gasteiger partial charge in [-0.15, -0.1) is 12.4 Å². The molecule has 1 saturated heterocycles. The van der Waals surface area contributed by atoms with Gasteiger partial charge in [0.25, 0.3) is 0 Å². The zero-order valence-corrected chi connectivity index (χ0v) is 17.8. The maximum Gasteiger partial charge on any atom is 0.223 e. The standard InChI is InChI=1S/C20H30ClN3O2.ClH/c1-3-12-23(13-4-2)19(25)9-10-20(26)24-14-11-22-15-18(24)16-7-5-6-8-17(16)21;/h5-8,18,22H,3-4,9-15H2,1-2H3;1H. The van der Waals surface area contributed by atoms with Crippen molar-refractivity contribution in [3.8, 4) is 0 Å². The number of carbonyl (C=O) groups is 2. The van der Waals surface area contributed by atoms with Crippen LogP contribution in [0.1, 0.15) is 51.1 Å². The predicted molar refractivity (Wildman–Crippen MR) is 112 cm³/mol. The van der Waals surface area contributed by atoms with Gasteiger partial charge in [0.2, 0.25) is 11.8 Å². The van der Waals surface area contributed by atoms with Gasteiger partial charge >= 0.3 is 0 Å². The van der Waals surface area contributed by atoms with Crippen LogP contribution in [0.4, 0.5) is 0 Å². The minimum atomic E-state index is -0.0811. The summed E-state index contributed by atoms with van der Waals surface area (Å²) >= 11 is 6.34. The van der Waals surface area contributed by atoms with Crippen LogP contribution < -0.4 is 5.32 Å². The molecule has 1 atom stereocenters. The van der Waals surface area contributed by atoms with Gasteiger partial charge in [-0.05, 0) is 24.5 Å². The van der Waals surface area contributed by atoms with E-state index in [-0.39, 0.29) is 43.1 Å². The van der Waals surface area contributed by atoms with Crippen molar-refractivity contribution in [3.05, 3.63) is 34.9 Å². The van der Waals surface area contributed by atoms with Gasteiger partial charge in [-0.25, -0.2) is 0 Å². The zero-order chi connectivity index (χ0) is 18.9. The van der Waals surface area contributed by atoms with Crippen LogP contribution in [-0.2, 0) is 9.59 Å². The van der Waals surface area contributed by atoms with Gasteiger partial charge in [0, 0.05) is 50.6 Å². The summed E-state index contributed by atoms with van der Waals surface area (Å²) in [5.41, 5.74) is 0.958. The summed E-state index contributed by atoms with van der Waals surface area (Å²) in [6.07, 6.45) is 2.40. The third kappa shape index (κ3) is 6.66. The SMILES string of the molecule is CCCN(CCC)C(=O)CCC(=O)N1CCNCC1c1ccccc1Cl.Cl. The lowest BCUT2D eigenvalue weighted by molar-refractivity contribution is -0.139. The number of piperazine rings is 1. The Labute approximate surface area is 173 Å². The fraction of sp³-hybridized carbons (Fsp3) is 0.600. The Kier molecular flexibility index (Phi) is 10.7. The van der Waals surface area contributed by atoms with Crippen molar-refractivity contribution in [3.63, 3.8) is 0 Å². The van der Waals surface area contributed by atoms with Gasteiger partial charge in [-0.1, -0.05) is 43.6 Å². The van der Waals surface area contributed by atoms with Crippen molar-refractivity contribution < 1.29 is 9.59 Å². The van der Waals surface area contributed by atoms with E-state index in [1.807, 2.05) is 34.1 Å². The topological polar surface area (TPSA) is 52.7 Å². The van der Waals surface area contributed by atoms with Crippen LogP contribution in [0.2, 0.25) is 5.02 Å². The molecule has 5 nitrogen and oxygen atoms in total. The third-order valence-corrected chi connectivity index (χ3v) is 5.06. The summed E-state index contributed by atoms with van der Waals surface area (Å²) in [6.45, 7) is 7.73. The lowest BCUT2D eigenvalue weighted by Gasteiger charge is -2.37. The molecule has 1 heterocycles. The first-order chi connectivity index (χ1) is 12.6. The average molecular weight is 416 g/mol. The van der Waals surface area contributed by atoms with Crippen LogP contribution in [0.15, 0.2) is 24.3 Å². The number of hydrogen-bond acceptors (Lipinski definition) is 3. The number of rotatable bonds is 8. The molecule has 2 rings (SSSR count). The molecule has 1 aromatic carbocycles. The molecule has 0 aliphatic carbocycles. The number of halogens is 2. The molecule has 1 unspecified atom stereocenters. The van der Waals surface area contributed by atoms with Crippen LogP contribution in [-0.4, -0.2) is 54.3 Å². The van der Waals surface area contributed by atoms with Crippen molar-refractivity contribution in [2.75, 3.05) is 32.7 Å². The summed E-state index contributed by atoms with van der Waals surface area (Å²) in [4.78, 5) is 29.0. The van der Waals surface area contributed by atoms with Gasteiger partial charge in [0.05, 0.1) is 6.04 Å². The van der Waals surface area contributed by atoms with Gasteiger partial charge < -0.3 is 15.1 Å². The highest BCUT2D eigenvalue weighted by Crippen LogP contribution is 2.29. The van der Waals surface area contributed by atoms with Crippen molar-refractivity contribution in [2.45, 2.75) is 45.6 Å². The highest BCUT2D eigenvalue weighted by Gasteiger charge is 2.29. The van der Waals surface area contributed by atoms with Crippen LogP contribution >= 0.6 is 24.0 Å². The van der Waals surface area contributed by atoms with Crippen molar-refractivity contribution in [2.24, 2.45) is 0 Å². The minimum Gasteiger partial charge on any atom is -0.343 e. The maximum atomic E-state index is 12.8. The second-order valence-corrected chi connectivity index (χ2v) is 7.12. The fourth-order valence-electron chi connectivity index (χ4n) is 3.44. The Morgan fingerprint density at radius 3 is 2.48 bits per heavy atom. The summed E-state index contributed by atoms with van der Waals surface area (Å²) in [5, 5.41) is 4.01. The van der Waals surface area contributed by atoms with Gasteiger partial charge in [0.15, 0.2) is 0 Å². The molecule has 0 radical (unpaired) electrons. The van der Waals surface area contributed by atoms with E-state index in [0.29, 0.717) is 18.1 Å². The predicted octanol–water partition coefficient (Wildman–Crippen LogP) is 3.66. The minimum absolute atomic E-state index is 0. The first-order valence-corrected chi connectivity index (χ1v) is 9.98. The van der Waals surface area contributed by atoms with Crippen LogP contribution in [0.25, 0.3) is 0 Å². The normalized spacial score (nSPS) is 16.6. The number of benzene rings is 1. The Morgan fingerprint density at radius 2 is 1.85 bits per heavy atom. The molecule has 7 heteroatoms. The van der Waals surface area contributed by atoms with E-state index in [1.165, 1.54) is 0 Å².